The fraction of sp³-hybridized carbons (Fsp3) is 0.370. The number of allylic oxidation sites excluding steroid dienone is 2. The molecule has 5 rings (SSSR count). The molecule has 1 fully saturated rings. The van der Waals surface area contributed by atoms with Crippen molar-refractivity contribution in [3.8, 4) is 0 Å². The molecule has 31 heavy (non-hydrogen) atoms. The third-order valence-electron chi connectivity index (χ3n) is 6.83. The van der Waals surface area contributed by atoms with Gasteiger partial charge in [-0.1, -0.05) is 54.6 Å². The van der Waals surface area contributed by atoms with Crippen LogP contribution in [0.25, 0.3) is 5.57 Å². The van der Waals surface area contributed by atoms with Crippen molar-refractivity contribution in [2.75, 3.05) is 26.2 Å². The van der Waals surface area contributed by atoms with E-state index in [4.69, 9.17) is 0 Å². The van der Waals surface area contributed by atoms with Gasteiger partial charge in [0.2, 0.25) is 0 Å². The molecule has 2 aromatic carbocycles. The number of hydrogen-bond acceptors (Lipinski definition) is 3. The standard InChI is InChI=1S/C27H29FN2O/c28-27(10-14-30(15-11-27)19-20-4-2-1-3-5-20)18-24-17-23-16-22(6-7-25(23)26(24)31)21-8-12-29-13-9-21/h1-8,16,18,29H,9-15,17,19H2. The van der Waals surface area contributed by atoms with Crippen LogP contribution in [0.15, 0.2) is 66.3 Å². The Morgan fingerprint density at radius 3 is 2.65 bits per heavy atom. The molecular weight excluding hydrogens is 387 g/mol. The third-order valence-corrected chi connectivity index (χ3v) is 6.83. The van der Waals surface area contributed by atoms with Crippen LogP contribution in [-0.4, -0.2) is 42.5 Å². The van der Waals surface area contributed by atoms with Gasteiger partial charge in [-0.15, -0.1) is 0 Å². The lowest BCUT2D eigenvalue weighted by molar-refractivity contribution is 0.0902. The minimum absolute atomic E-state index is 0.00424. The lowest BCUT2D eigenvalue weighted by atomic mass is 9.90. The van der Waals surface area contributed by atoms with E-state index in [1.165, 1.54) is 16.7 Å². The number of piperidine rings is 1. The Morgan fingerprint density at radius 2 is 1.90 bits per heavy atom. The molecular formula is C27H29FN2O. The van der Waals surface area contributed by atoms with Gasteiger partial charge < -0.3 is 5.32 Å². The van der Waals surface area contributed by atoms with Crippen LogP contribution in [0.1, 0.15) is 46.3 Å². The van der Waals surface area contributed by atoms with Gasteiger partial charge in [-0.2, -0.15) is 0 Å². The Kier molecular flexibility index (Phi) is 5.59. The van der Waals surface area contributed by atoms with E-state index in [9.17, 15) is 4.79 Å². The molecule has 3 nitrogen and oxygen atoms in total. The van der Waals surface area contributed by atoms with Gasteiger partial charge >= 0.3 is 0 Å². The van der Waals surface area contributed by atoms with E-state index in [-0.39, 0.29) is 5.78 Å². The van der Waals surface area contributed by atoms with Crippen LogP contribution >= 0.6 is 0 Å². The third kappa shape index (κ3) is 4.41. The second kappa shape index (κ2) is 8.52. The van der Waals surface area contributed by atoms with Crippen molar-refractivity contribution < 1.29 is 9.18 Å². The number of alkyl halides is 1. The van der Waals surface area contributed by atoms with E-state index in [0.717, 1.165) is 37.2 Å². The summed E-state index contributed by atoms with van der Waals surface area (Å²) in [6.07, 6.45) is 6.31. The molecule has 0 unspecified atom stereocenters. The summed E-state index contributed by atoms with van der Waals surface area (Å²) in [4.78, 5) is 15.2. The van der Waals surface area contributed by atoms with Crippen molar-refractivity contribution in [2.24, 2.45) is 0 Å². The van der Waals surface area contributed by atoms with E-state index in [1.54, 1.807) is 6.08 Å². The number of carbonyl (C=O) groups is 1. The molecule has 0 aromatic heterocycles. The second-order valence-electron chi connectivity index (χ2n) is 9.03. The number of hydrogen-bond donors (Lipinski definition) is 1. The number of nitrogens with zero attached hydrogens (tertiary/aromatic N) is 1. The number of benzene rings is 2. The van der Waals surface area contributed by atoms with Gasteiger partial charge in [0.05, 0.1) is 0 Å². The fourth-order valence-electron chi connectivity index (χ4n) is 5.00. The number of halogens is 1. The number of Topliss-reactive ketones (excluding diaryl/α,β-unsaturated/α-hetero) is 1. The van der Waals surface area contributed by atoms with Crippen LogP contribution in [0.2, 0.25) is 0 Å². The molecule has 0 amide bonds. The van der Waals surface area contributed by atoms with Gasteiger partial charge in [0.25, 0.3) is 0 Å². The van der Waals surface area contributed by atoms with Crippen LogP contribution in [0.5, 0.6) is 0 Å². The Bertz CT molecular complexity index is 1030. The quantitative estimate of drug-likeness (QED) is 0.731. The van der Waals surface area contributed by atoms with Crippen LogP contribution < -0.4 is 5.32 Å². The zero-order chi connectivity index (χ0) is 21.3. The van der Waals surface area contributed by atoms with E-state index in [2.05, 4.69) is 34.5 Å². The minimum atomic E-state index is -1.39. The van der Waals surface area contributed by atoms with Gasteiger partial charge in [0.15, 0.2) is 5.78 Å². The summed E-state index contributed by atoms with van der Waals surface area (Å²) in [6.45, 7) is 4.15. The van der Waals surface area contributed by atoms with E-state index >= 15 is 4.39 Å². The maximum absolute atomic E-state index is 15.6. The van der Waals surface area contributed by atoms with Gasteiger partial charge in [0, 0.05) is 43.7 Å². The largest absolute Gasteiger partial charge is 0.313 e. The predicted molar refractivity (Wildman–Crippen MR) is 123 cm³/mol. The molecule has 0 radical (unpaired) electrons. The molecule has 0 bridgehead atoms. The van der Waals surface area contributed by atoms with Crippen molar-refractivity contribution >= 4 is 11.4 Å². The summed E-state index contributed by atoms with van der Waals surface area (Å²) in [7, 11) is 0. The number of fused-ring (bicyclic) bond motifs is 1. The number of nitrogens with one attached hydrogen (secondary N) is 1. The smallest absolute Gasteiger partial charge is 0.189 e. The molecule has 4 heteroatoms. The van der Waals surface area contributed by atoms with Crippen molar-refractivity contribution in [3.63, 3.8) is 0 Å². The normalized spacial score (nSPS) is 22.4. The molecule has 0 atom stereocenters. The lowest BCUT2D eigenvalue weighted by Crippen LogP contribution is -2.40. The summed E-state index contributed by atoms with van der Waals surface area (Å²) in [6, 6.07) is 16.4. The van der Waals surface area contributed by atoms with Gasteiger partial charge in [-0.3, -0.25) is 9.69 Å². The zero-order valence-electron chi connectivity index (χ0n) is 17.9. The van der Waals surface area contributed by atoms with Gasteiger partial charge in [0.1, 0.15) is 5.67 Å². The van der Waals surface area contributed by atoms with Crippen molar-refractivity contribution in [1.82, 2.24) is 10.2 Å². The summed E-state index contributed by atoms with van der Waals surface area (Å²) in [5.74, 6) is 0.00424. The molecule has 0 saturated carbocycles. The van der Waals surface area contributed by atoms with Crippen LogP contribution in [-0.2, 0) is 13.0 Å². The molecule has 1 N–H and O–H groups in total. The first-order chi connectivity index (χ1) is 15.1. The van der Waals surface area contributed by atoms with Crippen molar-refractivity contribution in [2.45, 2.75) is 37.9 Å². The molecule has 2 heterocycles. The molecule has 0 spiro atoms. The number of carbonyl (C=O) groups excluding carboxylic acids is 1. The maximum Gasteiger partial charge on any atom is 0.189 e. The molecule has 1 aliphatic carbocycles. The van der Waals surface area contributed by atoms with Crippen LogP contribution in [0, 0.1) is 0 Å². The molecule has 2 aromatic rings. The lowest BCUT2D eigenvalue weighted by Gasteiger charge is -2.35. The van der Waals surface area contributed by atoms with Crippen LogP contribution in [0.3, 0.4) is 0 Å². The monoisotopic (exact) mass is 416 g/mol. The molecule has 1 saturated heterocycles. The zero-order valence-corrected chi connectivity index (χ0v) is 17.9. The van der Waals surface area contributed by atoms with Crippen LogP contribution in [0.4, 0.5) is 4.39 Å². The highest BCUT2D eigenvalue weighted by Crippen LogP contribution is 2.35. The van der Waals surface area contributed by atoms with E-state index < -0.39 is 5.67 Å². The van der Waals surface area contributed by atoms with Crippen molar-refractivity contribution in [3.05, 3.63) is 88.5 Å². The first-order valence-corrected chi connectivity index (χ1v) is 11.3. The molecule has 3 aliphatic rings. The number of rotatable bonds is 4. The highest BCUT2D eigenvalue weighted by molar-refractivity contribution is 6.13. The summed E-state index contributed by atoms with van der Waals surface area (Å²) in [5.41, 5.74) is 4.81. The average molecular weight is 417 g/mol. The first kappa shape index (κ1) is 20.3. The van der Waals surface area contributed by atoms with Gasteiger partial charge in [-0.25, -0.2) is 4.39 Å². The molecule has 160 valence electrons. The predicted octanol–water partition coefficient (Wildman–Crippen LogP) is 4.73. The minimum Gasteiger partial charge on any atom is -0.313 e. The SMILES string of the molecule is O=C1C(=CC2(F)CCN(Cc3ccccc3)CC2)Cc2cc(C3=CCNCC3)ccc21. The maximum atomic E-state index is 15.6. The summed E-state index contributed by atoms with van der Waals surface area (Å²) in [5, 5.41) is 3.33. The first-order valence-electron chi connectivity index (χ1n) is 11.3. The highest BCUT2D eigenvalue weighted by atomic mass is 19.1. The Balaban J connectivity index is 1.27. The fourth-order valence-corrected chi connectivity index (χ4v) is 5.00. The van der Waals surface area contributed by atoms with E-state index in [0.29, 0.717) is 37.9 Å². The van der Waals surface area contributed by atoms with E-state index in [1.807, 2.05) is 30.3 Å². The Hall–Kier alpha value is -2.56. The highest BCUT2D eigenvalue weighted by Gasteiger charge is 2.35. The number of ketones is 1. The summed E-state index contributed by atoms with van der Waals surface area (Å²) >= 11 is 0. The Morgan fingerprint density at radius 1 is 1.10 bits per heavy atom. The topological polar surface area (TPSA) is 32.3 Å². The Labute approximate surface area is 183 Å². The second-order valence-corrected chi connectivity index (χ2v) is 9.03. The van der Waals surface area contributed by atoms with Crippen molar-refractivity contribution in [1.29, 1.82) is 0 Å². The average Bonchev–Trinajstić information content (AvgIpc) is 3.11. The summed E-state index contributed by atoms with van der Waals surface area (Å²) < 4.78 is 15.6. The number of likely N-dealkylation sites (tertiary alicyclic amines) is 1. The van der Waals surface area contributed by atoms with Gasteiger partial charge in [-0.05, 0) is 54.1 Å². The molecule has 2 aliphatic heterocycles.